The highest BCUT2D eigenvalue weighted by Crippen LogP contribution is 2.22. The van der Waals surface area contributed by atoms with Gasteiger partial charge in [0.25, 0.3) is 0 Å². The molecule has 100 valence electrons. The largest absolute Gasteiger partial charge is 0.376 e. The minimum atomic E-state index is -0.00684. The molecule has 0 aliphatic carbocycles. The van der Waals surface area contributed by atoms with Gasteiger partial charge in [-0.2, -0.15) is 0 Å². The first kappa shape index (κ1) is 13.3. The molecule has 2 rings (SSSR count). The van der Waals surface area contributed by atoms with Gasteiger partial charge in [0.2, 0.25) is 5.91 Å². The summed E-state index contributed by atoms with van der Waals surface area (Å²) in [6.07, 6.45) is 1.75. The summed E-state index contributed by atoms with van der Waals surface area (Å²) in [7, 11) is 0. The van der Waals surface area contributed by atoms with Crippen molar-refractivity contribution in [3.63, 3.8) is 0 Å². The number of rotatable bonds is 4. The van der Waals surface area contributed by atoms with Crippen LogP contribution >= 0.6 is 0 Å². The standard InChI is InChI=1S/C15H19N3O/c1-10(2)18-15(19)9-17-14-6-7-16-13-5-4-11(3)8-12(13)14/h4-8,10H,9H2,1-3H3,(H,16,17)(H,18,19). The smallest absolute Gasteiger partial charge is 0.239 e. The molecule has 0 spiro atoms. The lowest BCUT2D eigenvalue weighted by Gasteiger charge is -2.11. The van der Waals surface area contributed by atoms with Gasteiger partial charge in [-0.05, 0) is 39.0 Å². The van der Waals surface area contributed by atoms with E-state index in [1.165, 1.54) is 5.56 Å². The number of carbonyl (C=O) groups excluding carboxylic acids is 1. The van der Waals surface area contributed by atoms with E-state index in [-0.39, 0.29) is 18.5 Å². The van der Waals surface area contributed by atoms with E-state index in [0.29, 0.717) is 0 Å². The van der Waals surface area contributed by atoms with Crippen LogP contribution in [-0.2, 0) is 4.79 Å². The lowest BCUT2D eigenvalue weighted by atomic mass is 10.1. The quantitative estimate of drug-likeness (QED) is 0.884. The second-order valence-electron chi connectivity index (χ2n) is 4.95. The van der Waals surface area contributed by atoms with Crippen LogP contribution in [0, 0.1) is 6.92 Å². The molecule has 0 radical (unpaired) electrons. The zero-order chi connectivity index (χ0) is 13.8. The molecule has 1 amide bonds. The fourth-order valence-electron chi connectivity index (χ4n) is 1.96. The fraction of sp³-hybridized carbons (Fsp3) is 0.333. The van der Waals surface area contributed by atoms with E-state index >= 15 is 0 Å². The van der Waals surface area contributed by atoms with Crippen LogP contribution in [0.4, 0.5) is 5.69 Å². The van der Waals surface area contributed by atoms with Crippen LogP contribution in [0.5, 0.6) is 0 Å². The Balaban J connectivity index is 2.16. The van der Waals surface area contributed by atoms with E-state index in [1.807, 2.05) is 39.0 Å². The molecule has 0 bridgehead atoms. The number of benzene rings is 1. The van der Waals surface area contributed by atoms with Crippen LogP contribution in [0.25, 0.3) is 10.9 Å². The molecule has 2 N–H and O–H groups in total. The first-order valence-electron chi connectivity index (χ1n) is 6.45. The number of pyridine rings is 1. The Kier molecular flexibility index (Phi) is 4.00. The molecule has 0 aliphatic heterocycles. The van der Waals surface area contributed by atoms with Gasteiger partial charge in [0.1, 0.15) is 0 Å². The number of nitrogens with one attached hydrogen (secondary N) is 2. The van der Waals surface area contributed by atoms with E-state index < -0.39 is 0 Å². The lowest BCUT2D eigenvalue weighted by molar-refractivity contribution is -0.119. The first-order valence-corrected chi connectivity index (χ1v) is 6.45. The molecule has 0 aliphatic rings. The van der Waals surface area contributed by atoms with Gasteiger partial charge in [-0.25, -0.2) is 0 Å². The van der Waals surface area contributed by atoms with Crippen molar-refractivity contribution in [2.45, 2.75) is 26.8 Å². The Hall–Kier alpha value is -2.10. The molecule has 0 fully saturated rings. The van der Waals surface area contributed by atoms with Crippen LogP contribution in [0.1, 0.15) is 19.4 Å². The summed E-state index contributed by atoms with van der Waals surface area (Å²) in [5, 5.41) is 7.06. The second-order valence-corrected chi connectivity index (χ2v) is 4.95. The van der Waals surface area contributed by atoms with Gasteiger partial charge >= 0.3 is 0 Å². The number of anilines is 1. The highest BCUT2D eigenvalue weighted by Gasteiger charge is 2.05. The SMILES string of the molecule is Cc1ccc2nccc(NCC(=O)NC(C)C)c2c1. The highest BCUT2D eigenvalue weighted by atomic mass is 16.1. The van der Waals surface area contributed by atoms with Gasteiger partial charge in [0, 0.05) is 23.3 Å². The maximum Gasteiger partial charge on any atom is 0.239 e. The fourth-order valence-corrected chi connectivity index (χ4v) is 1.96. The van der Waals surface area contributed by atoms with Crippen molar-refractivity contribution < 1.29 is 4.79 Å². The Morgan fingerprint density at radius 3 is 2.84 bits per heavy atom. The van der Waals surface area contributed by atoms with Gasteiger partial charge in [-0.3, -0.25) is 9.78 Å². The number of aryl methyl sites for hydroxylation is 1. The van der Waals surface area contributed by atoms with Crippen molar-refractivity contribution in [1.29, 1.82) is 0 Å². The predicted octanol–water partition coefficient (Wildman–Crippen LogP) is 2.48. The molecule has 2 aromatic rings. The topological polar surface area (TPSA) is 54.0 Å². The third-order valence-corrected chi connectivity index (χ3v) is 2.79. The summed E-state index contributed by atoms with van der Waals surface area (Å²) in [5.74, 6) is -0.00684. The van der Waals surface area contributed by atoms with Crippen molar-refractivity contribution >= 4 is 22.5 Å². The van der Waals surface area contributed by atoms with Gasteiger partial charge in [0.15, 0.2) is 0 Å². The minimum Gasteiger partial charge on any atom is -0.376 e. The summed E-state index contributed by atoms with van der Waals surface area (Å²) in [4.78, 5) is 16.0. The van der Waals surface area contributed by atoms with Gasteiger partial charge < -0.3 is 10.6 Å². The number of aromatic nitrogens is 1. The van der Waals surface area contributed by atoms with E-state index in [4.69, 9.17) is 0 Å². The van der Waals surface area contributed by atoms with Gasteiger partial charge in [-0.1, -0.05) is 11.6 Å². The Morgan fingerprint density at radius 1 is 1.32 bits per heavy atom. The van der Waals surface area contributed by atoms with Crippen molar-refractivity contribution in [1.82, 2.24) is 10.3 Å². The number of fused-ring (bicyclic) bond motifs is 1. The molecule has 4 nitrogen and oxygen atoms in total. The molecule has 0 saturated heterocycles. The maximum absolute atomic E-state index is 11.6. The minimum absolute atomic E-state index is 0.00684. The number of hydrogen-bond acceptors (Lipinski definition) is 3. The maximum atomic E-state index is 11.6. The summed E-state index contributed by atoms with van der Waals surface area (Å²) in [6.45, 7) is 6.21. The van der Waals surface area contributed by atoms with Crippen LogP contribution < -0.4 is 10.6 Å². The molecule has 0 unspecified atom stereocenters. The average Bonchev–Trinajstić information content (AvgIpc) is 2.35. The zero-order valence-electron chi connectivity index (χ0n) is 11.5. The number of carbonyl (C=O) groups is 1. The zero-order valence-corrected chi connectivity index (χ0v) is 11.5. The second kappa shape index (κ2) is 5.69. The predicted molar refractivity (Wildman–Crippen MR) is 78.2 cm³/mol. The normalized spacial score (nSPS) is 10.7. The third kappa shape index (κ3) is 3.44. The Morgan fingerprint density at radius 2 is 2.11 bits per heavy atom. The Bertz CT molecular complexity index is 593. The summed E-state index contributed by atoms with van der Waals surface area (Å²) < 4.78 is 0. The monoisotopic (exact) mass is 257 g/mol. The molecule has 1 heterocycles. The summed E-state index contributed by atoms with van der Waals surface area (Å²) in [5.41, 5.74) is 3.04. The van der Waals surface area contributed by atoms with Crippen molar-refractivity contribution in [3.8, 4) is 0 Å². The first-order chi connectivity index (χ1) is 9.06. The lowest BCUT2D eigenvalue weighted by Crippen LogP contribution is -2.34. The van der Waals surface area contributed by atoms with Crippen LogP contribution in [-0.4, -0.2) is 23.5 Å². The third-order valence-electron chi connectivity index (χ3n) is 2.79. The molecular weight excluding hydrogens is 238 g/mol. The van der Waals surface area contributed by atoms with Crippen LogP contribution in [0.15, 0.2) is 30.5 Å². The number of nitrogens with zero attached hydrogens (tertiary/aromatic N) is 1. The van der Waals surface area contributed by atoms with Crippen LogP contribution in [0.2, 0.25) is 0 Å². The molecular formula is C15H19N3O. The highest BCUT2D eigenvalue weighted by molar-refractivity contribution is 5.93. The Labute approximate surface area is 113 Å². The summed E-state index contributed by atoms with van der Waals surface area (Å²) in [6, 6.07) is 8.15. The van der Waals surface area contributed by atoms with Gasteiger partial charge in [0.05, 0.1) is 12.1 Å². The van der Waals surface area contributed by atoms with Crippen molar-refractivity contribution in [2.75, 3.05) is 11.9 Å². The van der Waals surface area contributed by atoms with Crippen molar-refractivity contribution in [3.05, 3.63) is 36.0 Å². The van der Waals surface area contributed by atoms with E-state index in [9.17, 15) is 4.79 Å². The summed E-state index contributed by atoms with van der Waals surface area (Å²) >= 11 is 0. The van der Waals surface area contributed by atoms with E-state index in [1.54, 1.807) is 6.20 Å². The molecule has 4 heteroatoms. The van der Waals surface area contributed by atoms with E-state index in [2.05, 4.69) is 21.7 Å². The molecule has 0 atom stereocenters. The van der Waals surface area contributed by atoms with E-state index in [0.717, 1.165) is 16.6 Å². The molecule has 0 saturated carbocycles. The van der Waals surface area contributed by atoms with Gasteiger partial charge in [-0.15, -0.1) is 0 Å². The molecule has 19 heavy (non-hydrogen) atoms. The molecule has 1 aromatic heterocycles. The van der Waals surface area contributed by atoms with Crippen molar-refractivity contribution in [2.24, 2.45) is 0 Å². The van der Waals surface area contributed by atoms with Crippen LogP contribution in [0.3, 0.4) is 0 Å². The molecule has 1 aromatic carbocycles. The number of hydrogen-bond donors (Lipinski definition) is 2. The average molecular weight is 257 g/mol. The number of amides is 1.